The molecule has 28 heavy (non-hydrogen) atoms. The summed E-state index contributed by atoms with van der Waals surface area (Å²) < 4.78 is 5.46. The molecule has 0 saturated heterocycles. The number of nitriles is 1. The Balaban J connectivity index is 1.75. The van der Waals surface area contributed by atoms with Gasteiger partial charge in [0.05, 0.1) is 12.3 Å². The Morgan fingerprint density at radius 2 is 1.93 bits per heavy atom. The van der Waals surface area contributed by atoms with Crippen molar-refractivity contribution in [3.63, 3.8) is 0 Å². The normalized spacial score (nSPS) is 11.0. The average Bonchev–Trinajstić information content (AvgIpc) is 3.20. The highest BCUT2D eigenvalue weighted by atomic mass is 32.1. The molecule has 6 heteroatoms. The minimum Gasteiger partial charge on any atom is -0.494 e. The van der Waals surface area contributed by atoms with Crippen LogP contribution in [0.5, 0.6) is 5.75 Å². The minimum atomic E-state index is 0.0180. The van der Waals surface area contributed by atoms with E-state index in [0.717, 1.165) is 22.7 Å². The van der Waals surface area contributed by atoms with Crippen LogP contribution >= 0.6 is 11.3 Å². The third-order valence-electron chi connectivity index (χ3n) is 3.99. The molecule has 140 valence electrons. The Bertz CT molecular complexity index is 1030. The highest BCUT2D eigenvalue weighted by Crippen LogP contribution is 2.27. The first-order chi connectivity index (χ1) is 13.6. The van der Waals surface area contributed by atoms with Gasteiger partial charge in [-0.25, -0.2) is 4.98 Å². The van der Waals surface area contributed by atoms with Crippen LogP contribution in [0.15, 0.2) is 60.1 Å². The second kappa shape index (κ2) is 8.98. The van der Waals surface area contributed by atoms with Crippen LogP contribution in [0, 0.1) is 11.3 Å². The van der Waals surface area contributed by atoms with Gasteiger partial charge in [0.15, 0.2) is 5.78 Å². The molecule has 1 N–H and O–H groups in total. The largest absolute Gasteiger partial charge is 0.494 e. The Hall–Kier alpha value is -3.43. The Labute approximate surface area is 167 Å². The van der Waals surface area contributed by atoms with E-state index >= 15 is 0 Å². The number of carbonyl (C=O) groups is 1. The number of ether oxygens (including phenoxy) is 1. The summed E-state index contributed by atoms with van der Waals surface area (Å²) in [6.45, 7) is 4.10. The van der Waals surface area contributed by atoms with Crippen molar-refractivity contribution in [3.8, 4) is 23.1 Å². The predicted octanol–water partition coefficient (Wildman–Crippen LogP) is 5.39. The number of ketones is 1. The molecule has 0 amide bonds. The maximum Gasteiger partial charge on any atom is 0.159 e. The van der Waals surface area contributed by atoms with Crippen molar-refractivity contribution in [2.75, 3.05) is 11.9 Å². The number of Topliss-reactive ketones (excluding diaryl/α,β-unsaturated/α-hetero) is 1. The molecule has 0 aliphatic rings. The van der Waals surface area contributed by atoms with Gasteiger partial charge >= 0.3 is 0 Å². The predicted molar refractivity (Wildman–Crippen MR) is 112 cm³/mol. The molecular formula is C22H19N3O2S. The van der Waals surface area contributed by atoms with Gasteiger partial charge in [0, 0.05) is 28.4 Å². The lowest BCUT2D eigenvalue weighted by Crippen LogP contribution is -1.94. The summed E-state index contributed by atoms with van der Waals surface area (Å²) in [5.41, 5.74) is 3.67. The number of nitrogens with one attached hydrogen (secondary N) is 1. The molecule has 0 aliphatic carbocycles. The van der Waals surface area contributed by atoms with Crippen LogP contribution in [-0.2, 0) is 0 Å². The van der Waals surface area contributed by atoms with Crippen LogP contribution < -0.4 is 10.1 Å². The molecule has 3 aromatic rings. The lowest BCUT2D eigenvalue weighted by molar-refractivity contribution is 0.101. The summed E-state index contributed by atoms with van der Waals surface area (Å²) in [4.78, 5) is 15.9. The molecular weight excluding hydrogens is 370 g/mol. The molecule has 0 unspecified atom stereocenters. The third kappa shape index (κ3) is 4.64. The molecule has 0 atom stereocenters. The van der Waals surface area contributed by atoms with Crippen molar-refractivity contribution < 1.29 is 9.53 Å². The smallest absolute Gasteiger partial charge is 0.159 e. The summed E-state index contributed by atoms with van der Waals surface area (Å²) in [6, 6.07) is 17.0. The Morgan fingerprint density at radius 1 is 1.21 bits per heavy atom. The number of benzene rings is 2. The molecule has 1 heterocycles. The Kier molecular flexibility index (Phi) is 6.20. The first kappa shape index (κ1) is 19.3. The number of nitrogens with zero attached hydrogens (tertiary/aromatic N) is 2. The SMILES string of the molecule is CCOc1ccc(-c2csc(/C(C#N)=C\Nc3ccc(C(C)=O)cc3)n2)cc1. The number of anilines is 1. The minimum absolute atomic E-state index is 0.0180. The number of allylic oxidation sites excluding steroid dienone is 1. The van der Waals surface area contributed by atoms with Gasteiger partial charge in [-0.15, -0.1) is 11.3 Å². The van der Waals surface area contributed by atoms with Crippen LogP contribution in [0.2, 0.25) is 0 Å². The lowest BCUT2D eigenvalue weighted by atomic mass is 10.1. The van der Waals surface area contributed by atoms with Crippen molar-refractivity contribution in [2.45, 2.75) is 13.8 Å². The second-order valence-corrected chi connectivity index (χ2v) is 6.80. The van der Waals surface area contributed by atoms with Gasteiger partial charge in [0.1, 0.15) is 22.4 Å². The fraction of sp³-hybridized carbons (Fsp3) is 0.136. The van der Waals surface area contributed by atoms with E-state index in [0.29, 0.717) is 22.8 Å². The van der Waals surface area contributed by atoms with Gasteiger partial charge in [-0.3, -0.25) is 4.79 Å². The lowest BCUT2D eigenvalue weighted by Gasteiger charge is -2.03. The van der Waals surface area contributed by atoms with Crippen LogP contribution in [0.3, 0.4) is 0 Å². The van der Waals surface area contributed by atoms with E-state index in [2.05, 4.69) is 16.4 Å². The number of carbonyl (C=O) groups excluding carboxylic acids is 1. The van der Waals surface area contributed by atoms with Gasteiger partial charge in [-0.2, -0.15) is 5.26 Å². The topological polar surface area (TPSA) is 75.0 Å². The monoisotopic (exact) mass is 389 g/mol. The van der Waals surface area contributed by atoms with Gasteiger partial charge in [0.25, 0.3) is 0 Å². The number of rotatable bonds is 7. The molecule has 0 spiro atoms. The van der Waals surface area contributed by atoms with Crippen molar-refractivity contribution >= 4 is 28.4 Å². The van der Waals surface area contributed by atoms with E-state index in [-0.39, 0.29) is 5.78 Å². The Morgan fingerprint density at radius 3 is 2.54 bits per heavy atom. The zero-order valence-electron chi connectivity index (χ0n) is 15.6. The fourth-order valence-corrected chi connectivity index (χ4v) is 3.31. The number of hydrogen-bond donors (Lipinski definition) is 1. The summed E-state index contributed by atoms with van der Waals surface area (Å²) in [5.74, 6) is 0.837. The number of hydrogen-bond acceptors (Lipinski definition) is 6. The highest BCUT2D eigenvalue weighted by molar-refractivity contribution is 7.11. The molecule has 3 rings (SSSR count). The number of thiazole rings is 1. The highest BCUT2D eigenvalue weighted by Gasteiger charge is 2.09. The maximum absolute atomic E-state index is 11.3. The standard InChI is InChI=1S/C22H19N3O2S/c1-3-27-20-10-6-17(7-11-20)21-14-28-22(25-21)18(12-23)13-24-19-8-4-16(5-9-19)15(2)26/h4-11,13-14,24H,3H2,1-2H3/b18-13-. The maximum atomic E-state index is 11.3. The average molecular weight is 389 g/mol. The zero-order valence-corrected chi connectivity index (χ0v) is 16.4. The molecule has 0 fully saturated rings. The molecule has 0 bridgehead atoms. The van der Waals surface area contributed by atoms with Gasteiger partial charge in [-0.1, -0.05) is 0 Å². The van der Waals surface area contributed by atoms with E-state index in [4.69, 9.17) is 4.74 Å². The first-order valence-corrected chi connectivity index (χ1v) is 9.65. The molecule has 5 nitrogen and oxygen atoms in total. The van der Waals surface area contributed by atoms with Gasteiger partial charge in [-0.05, 0) is 62.4 Å². The van der Waals surface area contributed by atoms with Crippen molar-refractivity contribution in [3.05, 3.63) is 70.7 Å². The van der Waals surface area contributed by atoms with Crippen molar-refractivity contribution in [2.24, 2.45) is 0 Å². The summed E-state index contributed by atoms with van der Waals surface area (Å²) in [6.07, 6.45) is 1.63. The van der Waals surface area contributed by atoms with Crippen LogP contribution in [0.25, 0.3) is 16.8 Å². The van der Waals surface area contributed by atoms with E-state index < -0.39 is 0 Å². The summed E-state index contributed by atoms with van der Waals surface area (Å²) in [7, 11) is 0. The molecule has 0 saturated carbocycles. The fourth-order valence-electron chi connectivity index (χ4n) is 2.52. The second-order valence-electron chi connectivity index (χ2n) is 5.94. The van der Waals surface area contributed by atoms with E-state index in [1.54, 1.807) is 30.5 Å². The zero-order chi connectivity index (χ0) is 19.9. The molecule has 2 aromatic carbocycles. The van der Waals surface area contributed by atoms with E-state index in [1.165, 1.54) is 18.3 Å². The van der Waals surface area contributed by atoms with Crippen molar-refractivity contribution in [1.82, 2.24) is 4.98 Å². The molecule has 0 radical (unpaired) electrons. The van der Waals surface area contributed by atoms with E-state index in [9.17, 15) is 10.1 Å². The number of aromatic nitrogens is 1. The van der Waals surface area contributed by atoms with E-state index in [1.807, 2.05) is 36.6 Å². The van der Waals surface area contributed by atoms with Gasteiger partial charge < -0.3 is 10.1 Å². The van der Waals surface area contributed by atoms with Crippen LogP contribution in [0.1, 0.15) is 29.2 Å². The first-order valence-electron chi connectivity index (χ1n) is 8.77. The summed E-state index contributed by atoms with van der Waals surface area (Å²) >= 11 is 1.42. The van der Waals surface area contributed by atoms with Crippen molar-refractivity contribution in [1.29, 1.82) is 5.26 Å². The van der Waals surface area contributed by atoms with Crippen LogP contribution in [-0.4, -0.2) is 17.4 Å². The quantitative estimate of drug-likeness (QED) is 0.433. The molecule has 1 aromatic heterocycles. The third-order valence-corrected chi connectivity index (χ3v) is 4.87. The van der Waals surface area contributed by atoms with Gasteiger partial charge in [0.2, 0.25) is 0 Å². The molecule has 0 aliphatic heterocycles. The summed E-state index contributed by atoms with van der Waals surface area (Å²) in [5, 5.41) is 15.1. The van der Waals surface area contributed by atoms with Crippen LogP contribution in [0.4, 0.5) is 5.69 Å².